The molecule has 1 saturated carbocycles. The summed E-state index contributed by atoms with van der Waals surface area (Å²) in [4.78, 5) is 16.7. The first-order chi connectivity index (χ1) is 13.2. The van der Waals surface area contributed by atoms with E-state index in [0.717, 1.165) is 12.8 Å². The first kappa shape index (κ1) is 19.1. The fourth-order valence-corrected chi connectivity index (χ4v) is 3.88. The van der Waals surface area contributed by atoms with Gasteiger partial charge in [0.05, 0.1) is 5.69 Å². The van der Waals surface area contributed by atoms with E-state index in [1.165, 1.54) is 18.2 Å². The van der Waals surface area contributed by atoms with E-state index in [1.807, 2.05) is 0 Å². The average Bonchev–Trinajstić information content (AvgIpc) is 3.47. The minimum atomic E-state index is -1.38. The quantitative estimate of drug-likeness (QED) is 0.706. The van der Waals surface area contributed by atoms with Gasteiger partial charge in [-0.05, 0) is 49.9 Å². The van der Waals surface area contributed by atoms with E-state index in [0.29, 0.717) is 10.6 Å². The Morgan fingerprint density at radius 3 is 2.79 bits per heavy atom. The maximum Gasteiger partial charge on any atom is 0.231 e. The van der Waals surface area contributed by atoms with E-state index in [4.69, 9.17) is 27.8 Å². The Bertz CT molecular complexity index is 981. The van der Waals surface area contributed by atoms with Gasteiger partial charge in [0.25, 0.3) is 0 Å². The molecule has 2 heterocycles. The first-order valence-corrected chi connectivity index (χ1v) is 9.45. The Labute approximate surface area is 166 Å². The number of nitrogens with zero attached hydrogens (tertiary/aromatic N) is 1. The van der Waals surface area contributed by atoms with Gasteiger partial charge in [-0.15, -0.1) is 0 Å². The summed E-state index contributed by atoms with van der Waals surface area (Å²) in [5.41, 5.74) is 10.1. The van der Waals surface area contributed by atoms with E-state index in [1.54, 1.807) is 13.0 Å². The third-order valence-electron chi connectivity index (χ3n) is 5.81. The van der Waals surface area contributed by atoms with Crippen LogP contribution in [0.15, 0.2) is 24.3 Å². The number of carbonyl (C=O) groups is 1. The maximum atomic E-state index is 14.6. The molecule has 2 atom stereocenters. The summed E-state index contributed by atoms with van der Waals surface area (Å²) in [6.07, 6.45) is 1.63. The number of pyridine rings is 1. The molecule has 5 N–H and O–H groups in total. The third-order valence-corrected chi connectivity index (χ3v) is 6.04. The fourth-order valence-electron chi connectivity index (χ4n) is 3.71. The lowest BCUT2D eigenvalue weighted by Crippen LogP contribution is -2.41. The molecule has 0 bridgehead atoms. The average molecular weight is 406 g/mol. The smallest absolute Gasteiger partial charge is 0.231 e. The lowest BCUT2D eigenvalue weighted by molar-refractivity contribution is -0.123. The molecule has 2 aliphatic rings. The third kappa shape index (κ3) is 2.77. The number of fused-ring (bicyclic) bond motifs is 1. The Hall–Kier alpha value is -2.22. The van der Waals surface area contributed by atoms with Crippen LogP contribution in [-0.2, 0) is 15.8 Å². The molecule has 148 valence electrons. The second kappa shape index (κ2) is 6.40. The zero-order chi connectivity index (χ0) is 20.3. The predicted molar refractivity (Wildman–Crippen MR) is 102 cm³/mol. The second-order valence-corrected chi connectivity index (χ2v) is 8.18. The molecule has 1 aliphatic heterocycles. The Kier molecular flexibility index (Phi) is 4.37. The normalized spacial score (nSPS) is 23.0. The van der Waals surface area contributed by atoms with Crippen molar-refractivity contribution >= 4 is 17.5 Å². The lowest BCUT2D eigenvalue weighted by atomic mass is 9.81. The highest BCUT2D eigenvalue weighted by Gasteiger charge is 2.49. The van der Waals surface area contributed by atoms with Crippen LogP contribution in [0.3, 0.4) is 0 Å². The molecule has 8 heteroatoms. The van der Waals surface area contributed by atoms with Crippen LogP contribution >= 0.6 is 11.6 Å². The number of aromatic nitrogens is 1. The minimum Gasteiger partial charge on any atom is -0.489 e. The first-order valence-electron chi connectivity index (χ1n) is 9.07. The number of aliphatic hydroxyl groups is 1. The molecule has 1 fully saturated rings. The summed E-state index contributed by atoms with van der Waals surface area (Å²) in [7, 11) is 0. The standard InChI is InChI=1S/C20H21ClFN3O3/c1-19(18(24)26)9-28-17-13(19)7-15(20(27,8-23)10-2-3-10)25-16(17)12-6-11(21)4-5-14(12)22/h4-7,10,27H,2-3,8-9,23H2,1H3,(H2,24,26)/t19-,20?/m0/s1. The number of halogens is 2. The van der Waals surface area contributed by atoms with Crippen LogP contribution in [0.4, 0.5) is 4.39 Å². The summed E-state index contributed by atoms with van der Waals surface area (Å²) in [6, 6.07) is 5.71. The predicted octanol–water partition coefficient (Wildman–Crippen LogP) is 2.23. The van der Waals surface area contributed by atoms with Gasteiger partial charge in [-0.3, -0.25) is 4.79 Å². The van der Waals surface area contributed by atoms with Crippen molar-refractivity contribution in [3.8, 4) is 17.0 Å². The van der Waals surface area contributed by atoms with Crippen molar-refractivity contribution in [2.75, 3.05) is 13.2 Å². The second-order valence-electron chi connectivity index (χ2n) is 7.74. The highest BCUT2D eigenvalue weighted by atomic mass is 35.5. The zero-order valence-electron chi connectivity index (χ0n) is 15.3. The molecule has 28 heavy (non-hydrogen) atoms. The van der Waals surface area contributed by atoms with Gasteiger partial charge in [0.1, 0.15) is 34.9 Å². The van der Waals surface area contributed by atoms with Crippen molar-refractivity contribution in [1.29, 1.82) is 0 Å². The number of rotatable bonds is 5. The van der Waals surface area contributed by atoms with Crippen molar-refractivity contribution in [2.24, 2.45) is 17.4 Å². The molecule has 1 aromatic carbocycles. The maximum absolute atomic E-state index is 14.6. The molecular weight excluding hydrogens is 385 g/mol. The molecule has 1 aliphatic carbocycles. The number of nitrogens with two attached hydrogens (primary N) is 2. The van der Waals surface area contributed by atoms with E-state index in [2.05, 4.69) is 4.98 Å². The summed E-state index contributed by atoms with van der Waals surface area (Å²) in [6.45, 7) is 1.61. The van der Waals surface area contributed by atoms with Gasteiger partial charge in [0, 0.05) is 22.7 Å². The van der Waals surface area contributed by atoms with Crippen LogP contribution in [0.25, 0.3) is 11.3 Å². The number of amides is 1. The van der Waals surface area contributed by atoms with E-state index in [-0.39, 0.29) is 41.8 Å². The van der Waals surface area contributed by atoms with Crippen LogP contribution in [0, 0.1) is 11.7 Å². The molecule has 0 saturated heterocycles. The van der Waals surface area contributed by atoms with Crippen molar-refractivity contribution < 1.29 is 19.0 Å². The highest BCUT2D eigenvalue weighted by molar-refractivity contribution is 6.30. The molecule has 0 radical (unpaired) electrons. The van der Waals surface area contributed by atoms with Crippen LogP contribution in [0.5, 0.6) is 5.75 Å². The van der Waals surface area contributed by atoms with Crippen LogP contribution in [0.1, 0.15) is 31.0 Å². The minimum absolute atomic E-state index is 0.00245. The van der Waals surface area contributed by atoms with Crippen LogP contribution in [0.2, 0.25) is 5.02 Å². The van der Waals surface area contributed by atoms with E-state index < -0.39 is 22.7 Å². The number of carbonyl (C=O) groups excluding carboxylic acids is 1. The highest BCUT2D eigenvalue weighted by Crippen LogP contribution is 2.50. The van der Waals surface area contributed by atoms with Gasteiger partial charge in [-0.1, -0.05) is 11.6 Å². The van der Waals surface area contributed by atoms with Crippen molar-refractivity contribution in [1.82, 2.24) is 4.98 Å². The van der Waals surface area contributed by atoms with Crippen molar-refractivity contribution in [2.45, 2.75) is 30.8 Å². The number of ether oxygens (including phenoxy) is 1. The van der Waals surface area contributed by atoms with Gasteiger partial charge in [-0.25, -0.2) is 9.37 Å². The largest absolute Gasteiger partial charge is 0.489 e. The molecule has 1 amide bonds. The molecule has 2 aromatic rings. The van der Waals surface area contributed by atoms with Crippen molar-refractivity contribution in [3.63, 3.8) is 0 Å². The fraction of sp³-hybridized carbons (Fsp3) is 0.400. The SMILES string of the molecule is C[C@]1(C(N)=O)COc2c1cc(C(O)(CN)C1CC1)nc2-c1cc(Cl)ccc1F. The molecular formula is C20H21ClFN3O3. The van der Waals surface area contributed by atoms with Gasteiger partial charge in [0.15, 0.2) is 0 Å². The molecule has 6 nitrogen and oxygen atoms in total. The molecule has 0 spiro atoms. The van der Waals surface area contributed by atoms with Gasteiger partial charge in [0.2, 0.25) is 5.91 Å². The number of hydrogen-bond acceptors (Lipinski definition) is 5. The van der Waals surface area contributed by atoms with E-state index in [9.17, 15) is 14.3 Å². The zero-order valence-corrected chi connectivity index (χ0v) is 16.1. The Balaban J connectivity index is 2.01. The van der Waals surface area contributed by atoms with Gasteiger partial charge in [-0.2, -0.15) is 0 Å². The Morgan fingerprint density at radius 1 is 1.46 bits per heavy atom. The van der Waals surface area contributed by atoms with E-state index >= 15 is 0 Å². The van der Waals surface area contributed by atoms with Crippen LogP contribution in [-0.4, -0.2) is 29.1 Å². The van der Waals surface area contributed by atoms with Gasteiger partial charge < -0.3 is 21.3 Å². The summed E-state index contributed by atoms with van der Waals surface area (Å²) < 4.78 is 20.4. The van der Waals surface area contributed by atoms with Crippen LogP contribution < -0.4 is 16.2 Å². The van der Waals surface area contributed by atoms with Gasteiger partial charge >= 0.3 is 0 Å². The summed E-state index contributed by atoms with van der Waals surface area (Å²) >= 11 is 6.06. The summed E-state index contributed by atoms with van der Waals surface area (Å²) in [5.74, 6) is -0.900. The molecule has 4 rings (SSSR count). The topological polar surface area (TPSA) is 111 Å². The van der Waals surface area contributed by atoms with Crippen molar-refractivity contribution in [3.05, 3.63) is 46.4 Å². The summed E-state index contributed by atoms with van der Waals surface area (Å²) in [5, 5.41) is 11.5. The lowest BCUT2D eigenvalue weighted by Gasteiger charge is -2.28. The molecule has 1 unspecified atom stereocenters. The number of primary amides is 1. The molecule has 1 aromatic heterocycles. The number of hydrogen-bond donors (Lipinski definition) is 3. The Morgan fingerprint density at radius 2 is 2.18 bits per heavy atom. The number of benzene rings is 1. The monoisotopic (exact) mass is 405 g/mol.